The Morgan fingerprint density at radius 3 is 2.89 bits per heavy atom. The van der Waals surface area contributed by atoms with Crippen LogP contribution in [0, 0.1) is 5.82 Å². The summed E-state index contributed by atoms with van der Waals surface area (Å²) >= 11 is 5.77. The van der Waals surface area contributed by atoms with Crippen molar-refractivity contribution in [3.63, 3.8) is 0 Å². The molecule has 2 aromatic rings. The zero-order valence-electron chi connectivity index (χ0n) is 10.8. The third-order valence-corrected chi connectivity index (χ3v) is 2.96. The Hall–Kier alpha value is -1.62. The SMILES string of the molecule is CC(C)n1ncnc1COc1c(F)cccc1CCl. The van der Waals surface area contributed by atoms with Crippen molar-refractivity contribution in [1.29, 1.82) is 0 Å². The molecule has 0 spiro atoms. The van der Waals surface area contributed by atoms with Gasteiger partial charge in [-0.05, 0) is 19.9 Å². The van der Waals surface area contributed by atoms with Crippen molar-refractivity contribution >= 4 is 11.6 Å². The highest BCUT2D eigenvalue weighted by atomic mass is 35.5. The fourth-order valence-electron chi connectivity index (χ4n) is 1.77. The van der Waals surface area contributed by atoms with Crippen molar-refractivity contribution < 1.29 is 9.13 Å². The van der Waals surface area contributed by atoms with E-state index < -0.39 is 5.82 Å². The molecule has 0 aliphatic heterocycles. The predicted octanol–water partition coefficient (Wildman–Crippen LogP) is 3.32. The van der Waals surface area contributed by atoms with E-state index in [4.69, 9.17) is 16.3 Å². The fraction of sp³-hybridized carbons (Fsp3) is 0.385. The standard InChI is InChI=1S/C13H15ClFN3O/c1-9(2)18-12(16-8-17-18)7-19-13-10(6-14)4-3-5-11(13)15/h3-5,8-9H,6-7H2,1-2H3. The molecule has 0 N–H and O–H groups in total. The second-order valence-electron chi connectivity index (χ2n) is 4.36. The summed E-state index contributed by atoms with van der Waals surface area (Å²) < 4.78 is 20.9. The van der Waals surface area contributed by atoms with Gasteiger partial charge < -0.3 is 4.74 Å². The Balaban J connectivity index is 2.17. The maximum atomic E-state index is 13.7. The Morgan fingerprint density at radius 2 is 2.21 bits per heavy atom. The van der Waals surface area contributed by atoms with Crippen molar-refractivity contribution in [1.82, 2.24) is 14.8 Å². The molecule has 0 atom stereocenters. The molecule has 0 bridgehead atoms. The van der Waals surface area contributed by atoms with Crippen LogP contribution in [0.15, 0.2) is 24.5 Å². The number of benzene rings is 1. The van der Waals surface area contributed by atoms with Gasteiger partial charge in [-0.25, -0.2) is 14.1 Å². The van der Waals surface area contributed by atoms with Crippen LogP contribution >= 0.6 is 11.6 Å². The van der Waals surface area contributed by atoms with E-state index in [-0.39, 0.29) is 24.3 Å². The summed E-state index contributed by atoms with van der Waals surface area (Å²) in [4.78, 5) is 4.11. The van der Waals surface area contributed by atoms with Gasteiger partial charge in [0.1, 0.15) is 12.9 Å². The summed E-state index contributed by atoms with van der Waals surface area (Å²) in [5.41, 5.74) is 0.622. The highest BCUT2D eigenvalue weighted by Gasteiger charge is 2.12. The van der Waals surface area contributed by atoms with Crippen molar-refractivity contribution in [2.75, 3.05) is 0 Å². The van der Waals surface area contributed by atoms with Gasteiger partial charge in [0.2, 0.25) is 0 Å². The number of aromatic nitrogens is 3. The van der Waals surface area contributed by atoms with E-state index in [9.17, 15) is 4.39 Å². The fourth-order valence-corrected chi connectivity index (χ4v) is 1.98. The van der Waals surface area contributed by atoms with Crippen LogP contribution in [0.1, 0.15) is 31.3 Å². The molecule has 0 amide bonds. The van der Waals surface area contributed by atoms with E-state index in [1.165, 1.54) is 12.4 Å². The second kappa shape index (κ2) is 6.02. The van der Waals surface area contributed by atoms with E-state index in [0.717, 1.165) is 0 Å². The summed E-state index contributed by atoms with van der Waals surface area (Å²) in [7, 11) is 0. The number of para-hydroxylation sites is 1. The van der Waals surface area contributed by atoms with Gasteiger partial charge in [-0.15, -0.1) is 11.6 Å². The van der Waals surface area contributed by atoms with Crippen LogP contribution in [0.5, 0.6) is 5.75 Å². The average Bonchev–Trinajstić information content (AvgIpc) is 2.85. The van der Waals surface area contributed by atoms with Gasteiger partial charge in [0, 0.05) is 11.6 Å². The molecule has 1 aromatic carbocycles. The number of hydrogen-bond acceptors (Lipinski definition) is 3. The molecule has 1 heterocycles. The average molecular weight is 284 g/mol. The molecule has 19 heavy (non-hydrogen) atoms. The lowest BCUT2D eigenvalue weighted by molar-refractivity contribution is 0.267. The molecular formula is C13H15ClFN3O. The Labute approximate surface area is 116 Å². The normalized spacial score (nSPS) is 11.0. The van der Waals surface area contributed by atoms with Crippen LogP contribution < -0.4 is 4.74 Å². The zero-order valence-corrected chi connectivity index (χ0v) is 11.6. The van der Waals surface area contributed by atoms with Gasteiger partial charge in [-0.3, -0.25) is 0 Å². The van der Waals surface area contributed by atoms with Gasteiger partial charge >= 0.3 is 0 Å². The first kappa shape index (κ1) is 13.8. The lowest BCUT2D eigenvalue weighted by Gasteiger charge is -2.12. The topological polar surface area (TPSA) is 39.9 Å². The molecule has 0 unspecified atom stereocenters. The van der Waals surface area contributed by atoms with E-state index in [1.54, 1.807) is 16.8 Å². The number of alkyl halides is 1. The van der Waals surface area contributed by atoms with Crippen molar-refractivity contribution in [2.45, 2.75) is 32.4 Å². The Bertz CT molecular complexity index is 557. The smallest absolute Gasteiger partial charge is 0.165 e. The maximum absolute atomic E-state index is 13.7. The Morgan fingerprint density at radius 1 is 1.42 bits per heavy atom. The highest BCUT2D eigenvalue weighted by Crippen LogP contribution is 2.25. The molecule has 2 rings (SSSR count). The van der Waals surface area contributed by atoms with Crippen molar-refractivity contribution in [2.24, 2.45) is 0 Å². The zero-order chi connectivity index (χ0) is 13.8. The molecule has 0 aliphatic carbocycles. The van der Waals surface area contributed by atoms with Crippen LogP contribution in [0.2, 0.25) is 0 Å². The van der Waals surface area contributed by atoms with E-state index in [0.29, 0.717) is 11.4 Å². The first-order chi connectivity index (χ1) is 9.13. The molecule has 0 aliphatic rings. The molecule has 102 valence electrons. The second-order valence-corrected chi connectivity index (χ2v) is 4.63. The van der Waals surface area contributed by atoms with Gasteiger partial charge in [-0.2, -0.15) is 5.10 Å². The van der Waals surface area contributed by atoms with Gasteiger partial charge in [0.25, 0.3) is 0 Å². The predicted molar refractivity (Wildman–Crippen MR) is 70.7 cm³/mol. The molecular weight excluding hydrogens is 269 g/mol. The maximum Gasteiger partial charge on any atom is 0.165 e. The summed E-state index contributed by atoms with van der Waals surface area (Å²) in [6.07, 6.45) is 1.46. The number of rotatable bonds is 5. The minimum absolute atomic E-state index is 0.156. The van der Waals surface area contributed by atoms with Crippen molar-refractivity contribution in [3.8, 4) is 5.75 Å². The monoisotopic (exact) mass is 283 g/mol. The quantitative estimate of drug-likeness (QED) is 0.790. The van der Waals surface area contributed by atoms with E-state index >= 15 is 0 Å². The summed E-state index contributed by atoms with van der Waals surface area (Å²) in [5.74, 6) is 0.604. The van der Waals surface area contributed by atoms with Crippen molar-refractivity contribution in [3.05, 3.63) is 41.7 Å². The molecule has 0 radical (unpaired) electrons. The Kier molecular flexibility index (Phi) is 4.37. The highest BCUT2D eigenvalue weighted by molar-refractivity contribution is 6.17. The third kappa shape index (κ3) is 3.04. The van der Waals surface area contributed by atoms with Crippen LogP contribution in [0.25, 0.3) is 0 Å². The lowest BCUT2D eigenvalue weighted by atomic mass is 10.2. The summed E-state index contributed by atoms with van der Waals surface area (Å²) in [5, 5.41) is 4.10. The van der Waals surface area contributed by atoms with Crippen LogP contribution in [0.4, 0.5) is 4.39 Å². The van der Waals surface area contributed by atoms with E-state index in [2.05, 4.69) is 10.1 Å². The minimum Gasteiger partial charge on any atom is -0.482 e. The minimum atomic E-state index is -0.422. The van der Waals surface area contributed by atoms with E-state index in [1.807, 2.05) is 13.8 Å². The van der Waals surface area contributed by atoms with Gasteiger partial charge in [0.05, 0.1) is 5.88 Å². The van der Waals surface area contributed by atoms with Gasteiger partial charge in [0.15, 0.2) is 17.4 Å². The third-order valence-electron chi connectivity index (χ3n) is 2.67. The van der Waals surface area contributed by atoms with Crippen LogP contribution in [-0.2, 0) is 12.5 Å². The summed E-state index contributed by atoms with van der Waals surface area (Å²) in [6.45, 7) is 4.14. The number of halogens is 2. The molecule has 0 saturated carbocycles. The first-order valence-electron chi connectivity index (χ1n) is 5.98. The molecule has 1 aromatic heterocycles. The lowest BCUT2D eigenvalue weighted by Crippen LogP contribution is -2.11. The largest absolute Gasteiger partial charge is 0.482 e. The first-order valence-corrected chi connectivity index (χ1v) is 6.51. The molecule has 0 fully saturated rings. The molecule has 4 nitrogen and oxygen atoms in total. The summed E-state index contributed by atoms with van der Waals surface area (Å²) in [6, 6.07) is 4.86. The number of hydrogen-bond donors (Lipinski definition) is 0. The molecule has 0 saturated heterocycles. The molecule has 6 heteroatoms. The van der Waals surface area contributed by atoms with Crippen LogP contribution in [-0.4, -0.2) is 14.8 Å². The van der Waals surface area contributed by atoms with Crippen LogP contribution in [0.3, 0.4) is 0 Å². The number of ether oxygens (including phenoxy) is 1. The number of nitrogens with zero attached hydrogens (tertiary/aromatic N) is 3. The van der Waals surface area contributed by atoms with Gasteiger partial charge in [-0.1, -0.05) is 12.1 Å².